The number of methoxy groups -OCH3 is 1. The maximum Gasteiger partial charge on any atom is 0.244 e. The number of nitrogens with zero attached hydrogens (tertiary/aromatic N) is 3. The number of anilines is 2. The van der Waals surface area contributed by atoms with Gasteiger partial charge in [0.05, 0.1) is 13.3 Å². The van der Waals surface area contributed by atoms with Gasteiger partial charge in [0.2, 0.25) is 5.95 Å². The molecule has 0 spiro atoms. The zero-order valence-corrected chi connectivity index (χ0v) is 12.0. The SMILES string of the molecule is COc1ccc(CCNc2cnnc(NC3CC3)n2)cc1. The van der Waals surface area contributed by atoms with E-state index in [0.29, 0.717) is 12.0 Å². The summed E-state index contributed by atoms with van der Waals surface area (Å²) in [5.41, 5.74) is 1.25. The lowest BCUT2D eigenvalue weighted by Gasteiger charge is -2.07. The van der Waals surface area contributed by atoms with Crippen LogP contribution in [0.5, 0.6) is 5.75 Å². The van der Waals surface area contributed by atoms with Crippen LogP contribution in [0.25, 0.3) is 0 Å². The van der Waals surface area contributed by atoms with E-state index >= 15 is 0 Å². The first-order valence-electron chi connectivity index (χ1n) is 7.16. The first-order chi connectivity index (χ1) is 10.3. The molecule has 2 aromatic rings. The van der Waals surface area contributed by atoms with Crippen LogP contribution in [-0.4, -0.2) is 34.9 Å². The van der Waals surface area contributed by atoms with Gasteiger partial charge in [-0.3, -0.25) is 0 Å². The van der Waals surface area contributed by atoms with E-state index in [4.69, 9.17) is 4.74 Å². The van der Waals surface area contributed by atoms with Crippen LogP contribution < -0.4 is 15.4 Å². The molecule has 3 rings (SSSR count). The molecular weight excluding hydrogens is 266 g/mol. The van der Waals surface area contributed by atoms with E-state index in [9.17, 15) is 0 Å². The molecule has 1 heterocycles. The summed E-state index contributed by atoms with van der Waals surface area (Å²) < 4.78 is 5.15. The van der Waals surface area contributed by atoms with Gasteiger partial charge in [0.25, 0.3) is 0 Å². The fourth-order valence-corrected chi connectivity index (χ4v) is 1.99. The molecule has 21 heavy (non-hydrogen) atoms. The monoisotopic (exact) mass is 285 g/mol. The van der Waals surface area contributed by atoms with E-state index in [0.717, 1.165) is 24.5 Å². The fraction of sp³-hybridized carbons (Fsp3) is 0.400. The Morgan fingerprint density at radius 1 is 1.24 bits per heavy atom. The van der Waals surface area contributed by atoms with Gasteiger partial charge >= 0.3 is 0 Å². The van der Waals surface area contributed by atoms with Gasteiger partial charge in [-0.2, -0.15) is 10.1 Å². The molecule has 1 aromatic heterocycles. The Morgan fingerprint density at radius 3 is 2.76 bits per heavy atom. The minimum Gasteiger partial charge on any atom is -0.497 e. The van der Waals surface area contributed by atoms with Crippen LogP contribution >= 0.6 is 0 Å². The lowest BCUT2D eigenvalue weighted by atomic mass is 10.1. The summed E-state index contributed by atoms with van der Waals surface area (Å²) >= 11 is 0. The highest BCUT2D eigenvalue weighted by Crippen LogP contribution is 2.22. The predicted molar refractivity (Wildman–Crippen MR) is 81.7 cm³/mol. The van der Waals surface area contributed by atoms with Crippen molar-refractivity contribution in [1.29, 1.82) is 0 Å². The van der Waals surface area contributed by atoms with Crippen molar-refractivity contribution in [2.45, 2.75) is 25.3 Å². The van der Waals surface area contributed by atoms with Gasteiger partial charge in [-0.15, -0.1) is 5.10 Å². The van der Waals surface area contributed by atoms with E-state index in [1.807, 2.05) is 12.1 Å². The number of hydrogen-bond acceptors (Lipinski definition) is 6. The van der Waals surface area contributed by atoms with Gasteiger partial charge in [-0.1, -0.05) is 12.1 Å². The summed E-state index contributed by atoms with van der Waals surface area (Å²) in [4.78, 5) is 4.40. The van der Waals surface area contributed by atoms with Gasteiger partial charge in [-0.25, -0.2) is 0 Å². The van der Waals surface area contributed by atoms with Crippen molar-refractivity contribution in [3.05, 3.63) is 36.0 Å². The van der Waals surface area contributed by atoms with Crippen molar-refractivity contribution in [2.24, 2.45) is 0 Å². The molecule has 0 radical (unpaired) electrons. The van der Waals surface area contributed by atoms with Gasteiger partial charge in [0, 0.05) is 12.6 Å². The van der Waals surface area contributed by atoms with E-state index in [-0.39, 0.29) is 0 Å². The molecule has 1 fully saturated rings. The molecule has 0 unspecified atom stereocenters. The van der Waals surface area contributed by atoms with Crippen molar-refractivity contribution in [3.8, 4) is 5.75 Å². The topological polar surface area (TPSA) is 72.0 Å². The van der Waals surface area contributed by atoms with Crippen LogP contribution in [0.4, 0.5) is 11.8 Å². The first kappa shape index (κ1) is 13.6. The lowest BCUT2D eigenvalue weighted by Crippen LogP contribution is -2.11. The number of rotatable bonds is 7. The van der Waals surface area contributed by atoms with Crippen LogP contribution in [0.2, 0.25) is 0 Å². The Hall–Kier alpha value is -2.37. The van der Waals surface area contributed by atoms with Crippen molar-refractivity contribution in [2.75, 3.05) is 24.3 Å². The molecule has 1 aromatic carbocycles. The third kappa shape index (κ3) is 4.05. The van der Waals surface area contributed by atoms with Crippen LogP contribution in [-0.2, 0) is 6.42 Å². The molecule has 0 aliphatic heterocycles. The summed E-state index contributed by atoms with van der Waals surface area (Å²) in [6.07, 6.45) is 4.95. The molecule has 0 amide bonds. The molecule has 1 saturated carbocycles. The zero-order chi connectivity index (χ0) is 14.5. The number of aromatic nitrogens is 3. The molecule has 0 atom stereocenters. The standard InChI is InChI=1S/C15H19N5O/c1-21-13-6-2-11(3-7-13)8-9-16-14-10-17-20-15(19-14)18-12-4-5-12/h2-3,6-7,10,12H,4-5,8-9H2,1H3,(H2,16,18,19,20). The minimum absolute atomic E-state index is 0.529. The summed E-state index contributed by atoms with van der Waals surface area (Å²) in [6.45, 7) is 0.799. The smallest absolute Gasteiger partial charge is 0.244 e. The molecule has 1 aliphatic carbocycles. The van der Waals surface area contributed by atoms with E-state index in [2.05, 4.69) is 37.9 Å². The van der Waals surface area contributed by atoms with Gasteiger partial charge < -0.3 is 15.4 Å². The van der Waals surface area contributed by atoms with Crippen LogP contribution in [0.3, 0.4) is 0 Å². The zero-order valence-electron chi connectivity index (χ0n) is 12.0. The molecule has 2 N–H and O–H groups in total. The summed E-state index contributed by atoms with van der Waals surface area (Å²) in [5.74, 6) is 2.23. The fourth-order valence-electron chi connectivity index (χ4n) is 1.99. The van der Waals surface area contributed by atoms with Crippen LogP contribution in [0.15, 0.2) is 30.5 Å². The van der Waals surface area contributed by atoms with Crippen LogP contribution in [0.1, 0.15) is 18.4 Å². The Morgan fingerprint density at radius 2 is 2.05 bits per heavy atom. The Labute approximate surface area is 124 Å². The highest BCUT2D eigenvalue weighted by Gasteiger charge is 2.22. The Balaban J connectivity index is 1.49. The summed E-state index contributed by atoms with van der Waals surface area (Å²) in [7, 11) is 1.67. The van der Waals surface area contributed by atoms with E-state index in [1.165, 1.54) is 18.4 Å². The molecular formula is C15H19N5O. The second-order valence-corrected chi connectivity index (χ2v) is 5.11. The highest BCUT2D eigenvalue weighted by atomic mass is 16.5. The predicted octanol–water partition coefficient (Wildman–Crippen LogP) is 2.11. The maximum atomic E-state index is 5.15. The van der Waals surface area contributed by atoms with Crippen molar-refractivity contribution >= 4 is 11.8 Å². The third-order valence-electron chi connectivity index (χ3n) is 3.35. The average Bonchev–Trinajstić information content (AvgIpc) is 3.32. The summed E-state index contributed by atoms with van der Waals surface area (Å²) in [6, 6.07) is 8.61. The Kier molecular flexibility index (Phi) is 4.14. The number of ether oxygens (including phenoxy) is 1. The molecule has 0 saturated heterocycles. The second-order valence-electron chi connectivity index (χ2n) is 5.11. The van der Waals surface area contributed by atoms with Gasteiger partial charge in [0.1, 0.15) is 5.75 Å². The highest BCUT2D eigenvalue weighted by molar-refractivity contribution is 5.38. The van der Waals surface area contributed by atoms with Crippen molar-refractivity contribution < 1.29 is 4.74 Å². The number of nitrogens with one attached hydrogen (secondary N) is 2. The molecule has 110 valence electrons. The van der Waals surface area contributed by atoms with E-state index in [1.54, 1.807) is 13.3 Å². The average molecular weight is 285 g/mol. The number of benzene rings is 1. The normalized spacial score (nSPS) is 13.8. The first-order valence-corrected chi connectivity index (χ1v) is 7.16. The van der Waals surface area contributed by atoms with E-state index < -0.39 is 0 Å². The third-order valence-corrected chi connectivity index (χ3v) is 3.35. The summed E-state index contributed by atoms with van der Waals surface area (Å²) in [5, 5.41) is 14.4. The van der Waals surface area contributed by atoms with Crippen molar-refractivity contribution in [1.82, 2.24) is 15.2 Å². The lowest BCUT2D eigenvalue weighted by molar-refractivity contribution is 0.414. The molecule has 0 bridgehead atoms. The largest absolute Gasteiger partial charge is 0.497 e. The second kappa shape index (κ2) is 6.39. The maximum absolute atomic E-state index is 5.15. The van der Waals surface area contributed by atoms with Gasteiger partial charge in [-0.05, 0) is 37.0 Å². The Bertz CT molecular complexity index is 583. The minimum atomic E-state index is 0.529. The number of hydrogen-bond donors (Lipinski definition) is 2. The molecule has 6 nitrogen and oxygen atoms in total. The molecule has 6 heteroatoms. The van der Waals surface area contributed by atoms with Gasteiger partial charge in [0.15, 0.2) is 5.82 Å². The molecule has 1 aliphatic rings. The van der Waals surface area contributed by atoms with Crippen molar-refractivity contribution in [3.63, 3.8) is 0 Å². The quantitative estimate of drug-likeness (QED) is 0.812. The van der Waals surface area contributed by atoms with Crippen LogP contribution in [0, 0.1) is 0 Å².